The van der Waals surface area contributed by atoms with Crippen molar-refractivity contribution in [2.24, 2.45) is 23.7 Å². The van der Waals surface area contributed by atoms with E-state index >= 15 is 0 Å². The van der Waals surface area contributed by atoms with Gasteiger partial charge in [0.15, 0.2) is 0 Å². The van der Waals surface area contributed by atoms with Crippen LogP contribution in [-0.4, -0.2) is 84.8 Å². The third kappa shape index (κ3) is 7.74. The fourth-order valence-electron chi connectivity index (χ4n) is 6.56. The summed E-state index contributed by atoms with van der Waals surface area (Å²) in [7, 11) is 1.66. The summed E-state index contributed by atoms with van der Waals surface area (Å²) >= 11 is 0. The Morgan fingerprint density at radius 2 is 1.33 bits per heavy atom. The third-order valence-corrected chi connectivity index (χ3v) is 8.80. The predicted octanol–water partition coefficient (Wildman–Crippen LogP) is 5.97. The first-order valence-corrected chi connectivity index (χ1v) is 13.6. The summed E-state index contributed by atoms with van der Waals surface area (Å²) < 4.78 is 80.1. The highest BCUT2D eigenvalue weighted by Gasteiger charge is 2.51. The van der Waals surface area contributed by atoms with Crippen LogP contribution in [0.4, 0.5) is 26.3 Å². The maximum atomic E-state index is 13.7. The van der Waals surface area contributed by atoms with Crippen LogP contribution in [0.1, 0.15) is 71.6 Å². The highest BCUT2D eigenvalue weighted by atomic mass is 19.4. The quantitative estimate of drug-likeness (QED) is 0.382. The highest BCUT2D eigenvalue weighted by Crippen LogP contribution is 2.48. The van der Waals surface area contributed by atoms with Gasteiger partial charge in [0.2, 0.25) is 5.91 Å². The fourth-order valence-corrected chi connectivity index (χ4v) is 6.56. The predicted molar refractivity (Wildman–Crippen MR) is 127 cm³/mol. The van der Waals surface area contributed by atoms with Gasteiger partial charge in [-0.05, 0) is 64.2 Å². The first-order chi connectivity index (χ1) is 16.8. The molecule has 1 saturated heterocycles. The zero-order chi connectivity index (χ0) is 26.7. The van der Waals surface area contributed by atoms with Gasteiger partial charge in [-0.25, -0.2) is 0 Å². The Morgan fingerprint density at radius 1 is 0.833 bits per heavy atom. The van der Waals surface area contributed by atoms with Crippen molar-refractivity contribution in [2.75, 3.05) is 39.8 Å². The molecular weight excluding hydrogens is 484 g/mol. The molecule has 210 valence electrons. The topological polar surface area (TPSA) is 26.8 Å². The van der Waals surface area contributed by atoms with Crippen molar-refractivity contribution in [2.45, 2.75) is 96.1 Å². The fraction of sp³-hybridized carbons (Fsp3) is 0.962. The van der Waals surface area contributed by atoms with E-state index < -0.39 is 36.5 Å². The second-order valence-electron chi connectivity index (χ2n) is 11.6. The summed E-state index contributed by atoms with van der Waals surface area (Å²) in [5.41, 5.74) is 0. The van der Waals surface area contributed by atoms with Crippen LogP contribution in [0.2, 0.25) is 0 Å². The first-order valence-electron chi connectivity index (χ1n) is 13.6. The Morgan fingerprint density at radius 3 is 1.81 bits per heavy atom. The number of hydrogen-bond acceptors (Lipinski definition) is 3. The lowest BCUT2D eigenvalue weighted by atomic mass is 9.73. The van der Waals surface area contributed by atoms with E-state index in [4.69, 9.17) is 0 Å². The van der Waals surface area contributed by atoms with Gasteiger partial charge in [-0.1, -0.05) is 19.3 Å². The van der Waals surface area contributed by atoms with Crippen LogP contribution in [0.3, 0.4) is 0 Å². The van der Waals surface area contributed by atoms with Crippen molar-refractivity contribution in [3.63, 3.8) is 0 Å². The molecule has 0 spiro atoms. The Balaban J connectivity index is 1.65. The van der Waals surface area contributed by atoms with E-state index in [0.29, 0.717) is 6.04 Å². The van der Waals surface area contributed by atoms with Crippen LogP contribution in [0.5, 0.6) is 0 Å². The molecule has 1 heterocycles. The number of amides is 1. The van der Waals surface area contributed by atoms with E-state index in [1.807, 2.05) is 0 Å². The lowest BCUT2D eigenvalue weighted by molar-refractivity contribution is -0.229. The van der Waals surface area contributed by atoms with Gasteiger partial charge in [0.25, 0.3) is 0 Å². The van der Waals surface area contributed by atoms with Crippen LogP contribution in [0, 0.1) is 23.7 Å². The second-order valence-corrected chi connectivity index (χ2v) is 11.6. The number of halogens is 6. The van der Waals surface area contributed by atoms with Gasteiger partial charge in [0.05, 0.1) is 17.9 Å². The summed E-state index contributed by atoms with van der Waals surface area (Å²) in [4.78, 5) is 19.9. The summed E-state index contributed by atoms with van der Waals surface area (Å²) in [5.74, 6) is -4.35. The van der Waals surface area contributed by atoms with E-state index in [2.05, 4.69) is 23.6 Å². The van der Waals surface area contributed by atoms with Gasteiger partial charge < -0.3 is 4.90 Å². The Hall–Kier alpha value is -1.03. The largest absolute Gasteiger partial charge is 0.391 e. The molecule has 10 heteroatoms. The van der Waals surface area contributed by atoms with E-state index in [-0.39, 0.29) is 43.7 Å². The smallest absolute Gasteiger partial charge is 0.344 e. The van der Waals surface area contributed by atoms with Gasteiger partial charge >= 0.3 is 12.4 Å². The highest BCUT2D eigenvalue weighted by molar-refractivity contribution is 5.82. The monoisotopic (exact) mass is 527 g/mol. The second kappa shape index (κ2) is 12.2. The van der Waals surface area contributed by atoms with Gasteiger partial charge in [-0.3, -0.25) is 14.6 Å². The van der Waals surface area contributed by atoms with Crippen LogP contribution >= 0.6 is 0 Å². The Kier molecular flexibility index (Phi) is 10.0. The molecule has 1 aliphatic heterocycles. The molecule has 3 unspecified atom stereocenters. The molecule has 2 saturated carbocycles. The molecule has 0 radical (unpaired) electrons. The summed E-state index contributed by atoms with van der Waals surface area (Å²) in [6.45, 7) is 7.86. The molecule has 0 bridgehead atoms. The molecule has 0 aromatic heterocycles. The first kappa shape index (κ1) is 29.5. The zero-order valence-electron chi connectivity index (χ0n) is 21.9. The number of piperazine rings is 1. The van der Waals surface area contributed by atoms with Crippen molar-refractivity contribution >= 4 is 5.91 Å². The zero-order valence-corrected chi connectivity index (χ0v) is 21.9. The minimum atomic E-state index is -4.63. The Labute approximate surface area is 211 Å². The standard InChI is InChI=1S/C26H43F6N3O/c1-18(2)34-11-13-35(14-12-34)23(20-7-5-4-6-8-20)24(36)33(3)10-9-19-15-21(25(27,28)29)17-22(16-19)26(30,31)32/h18-23H,4-17H2,1-3H3. The molecule has 2 aliphatic carbocycles. The van der Waals surface area contributed by atoms with Crippen LogP contribution in [0.25, 0.3) is 0 Å². The number of carbonyl (C=O) groups is 1. The lowest BCUT2D eigenvalue weighted by Gasteiger charge is -2.44. The molecule has 0 aromatic rings. The molecule has 4 nitrogen and oxygen atoms in total. The number of rotatable bonds is 7. The van der Waals surface area contributed by atoms with E-state index in [1.165, 1.54) is 0 Å². The van der Waals surface area contributed by atoms with Crippen molar-refractivity contribution in [3.8, 4) is 0 Å². The molecule has 1 amide bonds. The summed E-state index contributed by atoms with van der Waals surface area (Å²) in [6, 6.07) is 0.178. The summed E-state index contributed by atoms with van der Waals surface area (Å²) in [6.07, 6.45) is -5.25. The maximum absolute atomic E-state index is 13.7. The van der Waals surface area contributed by atoms with E-state index in [0.717, 1.165) is 58.3 Å². The molecule has 3 aliphatic rings. The number of carbonyl (C=O) groups excluding carboxylic acids is 1. The molecule has 3 fully saturated rings. The van der Waals surface area contributed by atoms with Gasteiger partial charge in [-0.2, -0.15) is 26.3 Å². The molecule has 0 aromatic carbocycles. The van der Waals surface area contributed by atoms with Gasteiger partial charge in [-0.15, -0.1) is 0 Å². The molecule has 3 atom stereocenters. The van der Waals surface area contributed by atoms with Crippen LogP contribution in [0.15, 0.2) is 0 Å². The van der Waals surface area contributed by atoms with Crippen molar-refractivity contribution in [1.29, 1.82) is 0 Å². The van der Waals surface area contributed by atoms with E-state index in [1.54, 1.807) is 11.9 Å². The number of likely N-dealkylation sites (N-methyl/N-ethyl adjacent to an activating group) is 1. The van der Waals surface area contributed by atoms with E-state index in [9.17, 15) is 31.1 Å². The Bertz CT molecular complexity index is 677. The van der Waals surface area contributed by atoms with Crippen molar-refractivity contribution in [1.82, 2.24) is 14.7 Å². The number of hydrogen-bond donors (Lipinski definition) is 0. The minimum Gasteiger partial charge on any atom is -0.344 e. The third-order valence-electron chi connectivity index (χ3n) is 8.80. The molecule has 3 rings (SSSR count). The minimum absolute atomic E-state index is 0.0320. The molecule has 36 heavy (non-hydrogen) atoms. The molecule has 0 N–H and O–H groups in total. The maximum Gasteiger partial charge on any atom is 0.391 e. The average Bonchev–Trinajstić information content (AvgIpc) is 2.82. The number of alkyl halides is 6. The van der Waals surface area contributed by atoms with Crippen LogP contribution in [-0.2, 0) is 4.79 Å². The SMILES string of the molecule is CC(C)N1CCN(C(C(=O)N(C)CCC2CC(C(F)(F)F)CC(C(F)(F)F)C2)C2CCCCC2)CC1. The average molecular weight is 528 g/mol. The van der Waals surface area contributed by atoms with Gasteiger partial charge in [0.1, 0.15) is 0 Å². The van der Waals surface area contributed by atoms with Gasteiger partial charge in [0, 0.05) is 45.8 Å². The molecular formula is C26H43F6N3O. The van der Waals surface area contributed by atoms with Crippen molar-refractivity contribution in [3.05, 3.63) is 0 Å². The lowest BCUT2D eigenvalue weighted by Crippen LogP contribution is -2.58. The van der Waals surface area contributed by atoms with Crippen molar-refractivity contribution < 1.29 is 31.1 Å². The normalized spacial score (nSPS) is 28.9. The number of nitrogens with zero attached hydrogens (tertiary/aromatic N) is 3. The summed E-state index contributed by atoms with van der Waals surface area (Å²) in [5, 5.41) is 0. The van der Waals surface area contributed by atoms with Crippen LogP contribution < -0.4 is 0 Å².